The van der Waals surface area contributed by atoms with Gasteiger partial charge in [0.15, 0.2) is 0 Å². The highest BCUT2D eigenvalue weighted by Crippen LogP contribution is 2.30. The van der Waals surface area contributed by atoms with Crippen LogP contribution in [-0.2, 0) is 0 Å². The maximum absolute atomic E-state index is 10.9. The molecule has 1 rings (SSSR count). The molecule has 8 heteroatoms. The number of hydrogen-bond donors (Lipinski definition) is 2. The van der Waals surface area contributed by atoms with Gasteiger partial charge in [0.2, 0.25) is 5.82 Å². The second-order valence-corrected chi connectivity index (χ2v) is 4.16. The quantitative estimate of drug-likeness (QED) is 0.328. The van der Waals surface area contributed by atoms with Crippen LogP contribution in [0, 0.1) is 16.0 Å². The van der Waals surface area contributed by atoms with Crippen molar-refractivity contribution >= 4 is 11.5 Å². The molecular weight excluding hydrogens is 238 g/mol. The lowest BCUT2D eigenvalue weighted by atomic mass is 10.1. The van der Waals surface area contributed by atoms with Crippen molar-refractivity contribution in [1.82, 2.24) is 9.97 Å². The van der Waals surface area contributed by atoms with E-state index in [1.165, 1.54) is 6.33 Å². The smallest absolute Gasteiger partial charge is 0.374 e. The van der Waals surface area contributed by atoms with Gasteiger partial charge in [-0.2, -0.15) is 4.98 Å². The number of nitrogens with one attached hydrogen (secondary N) is 1. The summed E-state index contributed by atoms with van der Waals surface area (Å²) in [6.07, 6.45) is 2.96. The third-order valence-corrected chi connectivity index (χ3v) is 2.27. The number of rotatable bonds is 7. The van der Waals surface area contributed by atoms with E-state index >= 15 is 0 Å². The van der Waals surface area contributed by atoms with E-state index in [1.807, 2.05) is 0 Å². The molecule has 0 unspecified atom stereocenters. The van der Waals surface area contributed by atoms with Crippen LogP contribution in [0.3, 0.4) is 0 Å². The van der Waals surface area contributed by atoms with Crippen LogP contribution < -0.4 is 16.0 Å². The summed E-state index contributed by atoms with van der Waals surface area (Å²) in [6.45, 7) is 4.58. The number of aromatic nitrogens is 2. The van der Waals surface area contributed by atoms with Crippen molar-refractivity contribution in [2.45, 2.75) is 26.7 Å². The number of hydrogen-bond acceptors (Lipinski definition) is 7. The molecule has 100 valence electrons. The van der Waals surface area contributed by atoms with Gasteiger partial charge in [0, 0.05) is 0 Å². The van der Waals surface area contributed by atoms with Gasteiger partial charge in [-0.3, -0.25) is 10.1 Å². The van der Waals surface area contributed by atoms with Gasteiger partial charge in [-0.05, 0) is 18.8 Å². The average molecular weight is 255 g/mol. The predicted molar refractivity (Wildman–Crippen MR) is 66.1 cm³/mol. The van der Waals surface area contributed by atoms with Crippen molar-refractivity contribution in [3.05, 3.63) is 16.4 Å². The lowest BCUT2D eigenvalue weighted by Gasteiger charge is -2.08. The van der Waals surface area contributed by atoms with Crippen molar-refractivity contribution in [3.8, 4) is 5.88 Å². The Kier molecular flexibility index (Phi) is 5.25. The lowest BCUT2D eigenvalue weighted by molar-refractivity contribution is -0.385. The Balaban J connectivity index is 2.72. The lowest BCUT2D eigenvalue weighted by Crippen LogP contribution is -2.13. The summed E-state index contributed by atoms with van der Waals surface area (Å²) in [6, 6.07) is 0. The summed E-state index contributed by atoms with van der Waals surface area (Å²) in [5.41, 5.74) is 1.81. The molecule has 1 aromatic rings. The fourth-order valence-corrected chi connectivity index (χ4v) is 1.40. The highest BCUT2D eigenvalue weighted by Gasteiger charge is 2.23. The van der Waals surface area contributed by atoms with Gasteiger partial charge in [-0.15, -0.1) is 0 Å². The summed E-state index contributed by atoms with van der Waals surface area (Å²) in [5.74, 6) is 5.59. The minimum absolute atomic E-state index is 0.0612. The summed E-state index contributed by atoms with van der Waals surface area (Å²) >= 11 is 0. The van der Waals surface area contributed by atoms with Crippen LogP contribution in [-0.4, -0.2) is 21.5 Å². The number of ether oxygens (including phenoxy) is 1. The first kappa shape index (κ1) is 14.1. The van der Waals surface area contributed by atoms with E-state index in [9.17, 15) is 10.1 Å². The molecule has 18 heavy (non-hydrogen) atoms. The van der Waals surface area contributed by atoms with Gasteiger partial charge >= 0.3 is 5.69 Å². The minimum atomic E-state index is -0.618. The van der Waals surface area contributed by atoms with E-state index in [1.54, 1.807) is 0 Å². The molecule has 0 spiro atoms. The van der Waals surface area contributed by atoms with E-state index in [4.69, 9.17) is 10.6 Å². The first-order valence-electron chi connectivity index (χ1n) is 5.65. The molecule has 0 saturated carbocycles. The maximum Gasteiger partial charge on any atom is 0.374 e. The summed E-state index contributed by atoms with van der Waals surface area (Å²) in [7, 11) is 0. The van der Waals surface area contributed by atoms with Crippen molar-refractivity contribution < 1.29 is 9.66 Å². The van der Waals surface area contributed by atoms with Crippen LogP contribution >= 0.6 is 0 Å². The predicted octanol–water partition coefficient (Wildman–Crippen LogP) is 1.49. The minimum Gasteiger partial charge on any atom is -0.473 e. The molecule has 0 aliphatic heterocycles. The van der Waals surface area contributed by atoms with Crippen LogP contribution in [0.2, 0.25) is 0 Å². The zero-order valence-electron chi connectivity index (χ0n) is 10.4. The molecule has 0 aromatic carbocycles. The molecular formula is C10H17N5O3. The summed E-state index contributed by atoms with van der Waals surface area (Å²) in [4.78, 5) is 17.7. The number of nitro groups is 1. The third kappa shape index (κ3) is 3.81. The molecule has 0 saturated heterocycles. The normalized spacial score (nSPS) is 10.4. The Morgan fingerprint density at radius 2 is 2.28 bits per heavy atom. The summed E-state index contributed by atoms with van der Waals surface area (Å²) < 4.78 is 5.30. The Bertz CT molecular complexity index is 410. The van der Waals surface area contributed by atoms with Gasteiger partial charge in [0.1, 0.15) is 6.33 Å². The molecule has 0 radical (unpaired) electrons. The highest BCUT2D eigenvalue weighted by molar-refractivity contribution is 5.60. The fraction of sp³-hybridized carbons (Fsp3) is 0.600. The standard InChI is InChI=1S/C10H17N5O3/c1-7(2)4-3-5-18-10-8(15(16)17)9(14-11)12-6-13-10/h6-7H,3-5,11H2,1-2H3,(H,12,13,14). The number of nitrogen functional groups attached to an aromatic ring is 1. The van der Waals surface area contributed by atoms with Crippen LogP contribution in [0.25, 0.3) is 0 Å². The molecule has 8 nitrogen and oxygen atoms in total. The zero-order chi connectivity index (χ0) is 13.5. The second kappa shape index (κ2) is 6.70. The number of nitrogens with zero attached hydrogens (tertiary/aromatic N) is 3. The van der Waals surface area contributed by atoms with Gasteiger partial charge in [0.25, 0.3) is 5.88 Å². The van der Waals surface area contributed by atoms with E-state index in [0.717, 1.165) is 12.8 Å². The number of hydrazine groups is 1. The molecule has 3 N–H and O–H groups in total. The monoisotopic (exact) mass is 255 g/mol. The Labute approximate surface area is 105 Å². The molecule has 1 aromatic heterocycles. The Morgan fingerprint density at radius 1 is 1.56 bits per heavy atom. The van der Waals surface area contributed by atoms with Crippen LogP contribution in [0.1, 0.15) is 26.7 Å². The molecule has 0 atom stereocenters. The first-order chi connectivity index (χ1) is 8.56. The first-order valence-corrected chi connectivity index (χ1v) is 5.65. The van der Waals surface area contributed by atoms with E-state index in [2.05, 4.69) is 29.2 Å². The molecule has 0 aliphatic carbocycles. The highest BCUT2D eigenvalue weighted by atomic mass is 16.6. The SMILES string of the molecule is CC(C)CCCOc1ncnc(NN)c1[N+](=O)[O-]. The van der Waals surface area contributed by atoms with Gasteiger partial charge in [-0.1, -0.05) is 13.8 Å². The number of nitrogens with two attached hydrogens (primary N) is 1. The van der Waals surface area contributed by atoms with Crippen LogP contribution in [0.15, 0.2) is 6.33 Å². The largest absolute Gasteiger partial charge is 0.473 e. The van der Waals surface area contributed by atoms with E-state index in [0.29, 0.717) is 12.5 Å². The second-order valence-electron chi connectivity index (χ2n) is 4.16. The Morgan fingerprint density at radius 3 is 2.83 bits per heavy atom. The van der Waals surface area contributed by atoms with Crippen molar-refractivity contribution in [3.63, 3.8) is 0 Å². The summed E-state index contributed by atoms with van der Waals surface area (Å²) in [5, 5.41) is 10.9. The van der Waals surface area contributed by atoms with Crippen molar-refractivity contribution in [2.24, 2.45) is 11.8 Å². The van der Waals surface area contributed by atoms with Crippen LogP contribution in [0.4, 0.5) is 11.5 Å². The van der Waals surface area contributed by atoms with Crippen LogP contribution in [0.5, 0.6) is 5.88 Å². The van der Waals surface area contributed by atoms with Crippen molar-refractivity contribution in [2.75, 3.05) is 12.0 Å². The van der Waals surface area contributed by atoms with Gasteiger partial charge in [0.05, 0.1) is 11.5 Å². The fourth-order valence-electron chi connectivity index (χ4n) is 1.40. The van der Waals surface area contributed by atoms with Gasteiger partial charge < -0.3 is 10.2 Å². The molecule has 1 heterocycles. The van der Waals surface area contributed by atoms with E-state index < -0.39 is 4.92 Å². The average Bonchev–Trinajstić information content (AvgIpc) is 2.33. The third-order valence-electron chi connectivity index (χ3n) is 2.27. The molecule has 0 aliphatic rings. The molecule has 0 bridgehead atoms. The Hall–Kier alpha value is -1.96. The zero-order valence-corrected chi connectivity index (χ0v) is 10.4. The molecule has 0 amide bonds. The maximum atomic E-state index is 10.9. The van der Waals surface area contributed by atoms with Gasteiger partial charge in [-0.25, -0.2) is 10.8 Å². The topological polar surface area (TPSA) is 116 Å². The molecule has 0 fully saturated rings. The number of anilines is 1. The van der Waals surface area contributed by atoms with Crippen molar-refractivity contribution in [1.29, 1.82) is 0 Å². The van der Waals surface area contributed by atoms with E-state index in [-0.39, 0.29) is 17.4 Å².